The molecule has 4 aromatic rings. The lowest BCUT2D eigenvalue weighted by atomic mass is 10.2. The number of hydrogen-bond acceptors (Lipinski definition) is 5. The highest BCUT2D eigenvalue weighted by Gasteiger charge is 2.18. The van der Waals surface area contributed by atoms with Crippen molar-refractivity contribution in [2.45, 2.75) is 6.54 Å². The van der Waals surface area contributed by atoms with Gasteiger partial charge in [0.1, 0.15) is 5.82 Å². The van der Waals surface area contributed by atoms with E-state index in [-0.39, 0.29) is 29.5 Å². The third-order valence-electron chi connectivity index (χ3n) is 4.54. The van der Waals surface area contributed by atoms with Gasteiger partial charge in [-0.2, -0.15) is 10.1 Å². The SMILES string of the molecule is Cn1c(=O)[nH]c(=O)c2c1nc(NN=Cc1ccc(F)cc1)n2Cc1ccccc1Cl. The topological polar surface area (TPSA) is 97.1 Å². The maximum absolute atomic E-state index is 13.0. The second-order valence-electron chi connectivity index (χ2n) is 6.53. The molecule has 0 bridgehead atoms. The van der Waals surface area contributed by atoms with E-state index in [4.69, 9.17) is 11.6 Å². The van der Waals surface area contributed by atoms with Gasteiger partial charge in [-0.3, -0.25) is 18.9 Å². The number of aryl methyl sites for hydroxylation is 1. The van der Waals surface area contributed by atoms with E-state index < -0.39 is 11.2 Å². The van der Waals surface area contributed by atoms with Gasteiger partial charge in [0.2, 0.25) is 5.95 Å². The lowest BCUT2D eigenvalue weighted by Gasteiger charge is -2.09. The number of hydrazone groups is 1. The molecule has 8 nitrogen and oxygen atoms in total. The summed E-state index contributed by atoms with van der Waals surface area (Å²) in [5.74, 6) is -0.100. The van der Waals surface area contributed by atoms with E-state index in [1.54, 1.807) is 28.8 Å². The molecule has 0 saturated heterocycles. The molecule has 2 aromatic heterocycles. The normalized spacial score (nSPS) is 11.4. The average molecular weight is 427 g/mol. The van der Waals surface area contributed by atoms with Gasteiger partial charge in [0.05, 0.1) is 12.8 Å². The molecule has 2 N–H and O–H groups in total. The molecule has 0 aliphatic heterocycles. The minimum atomic E-state index is -0.573. The number of nitrogens with zero attached hydrogens (tertiary/aromatic N) is 4. The predicted octanol–water partition coefficient (Wildman–Crippen LogP) is 2.71. The number of aromatic amines is 1. The van der Waals surface area contributed by atoms with Crippen LogP contribution in [0, 0.1) is 5.82 Å². The van der Waals surface area contributed by atoms with Crippen LogP contribution in [0.1, 0.15) is 11.1 Å². The lowest BCUT2D eigenvalue weighted by molar-refractivity contribution is 0.628. The fraction of sp³-hybridized carbons (Fsp3) is 0.100. The molecule has 0 unspecified atom stereocenters. The molecule has 0 saturated carbocycles. The number of H-pyrrole nitrogens is 1. The summed E-state index contributed by atoms with van der Waals surface area (Å²) < 4.78 is 15.9. The molecule has 152 valence electrons. The van der Waals surface area contributed by atoms with Crippen LogP contribution in [0.5, 0.6) is 0 Å². The Balaban J connectivity index is 1.79. The van der Waals surface area contributed by atoms with E-state index >= 15 is 0 Å². The molecule has 30 heavy (non-hydrogen) atoms. The fourth-order valence-corrected chi connectivity index (χ4v) is 3.18. The van der Waals surface area contributed by atoms with Gasteiger partial charge < -0.3 is 0 Å². The number of imidazole rings is 1. The van der Waals surface area contributed by atoms with Crippen LogP contribution in [0.25, 0.3) is 11.2 Å². The standard InChI is InChI=1S/C20H16ClFN6O2/c1-27-17-16(18(29)25-20(27)30)28(11-13-4-2-3-5-15(13)21)19(24-17)26-23-10-12-6-8-14(22)9-7-12/h2-10H,11H2,1H3,(H,24,26)(H,25,29,30). The third kappa shape index (κ3) is 3.74. The lowest BCUT2D eigenvalue weighted by Crippen LogP contribution is -2.29. The number of fused-ring (bicyclic) bond motifs is 1. The van der Waals surface area contributed by atoms with E-state index in [2.05, 4.69) is 20.5 Å². The second-order valence-corrected chi connectivity index (χ2v) is 6.93. The first-order valence-electron chi connectivity index (χ1n) is 8.91. The van der Waals surface area contributed by atoms with Crippen LogP contribution >= 0.6 is 11.6 Å². The summed E-state index contributed by atoms with van der Waals surface area (Å²) in [4.78, 5) is 31.2. The van der Waals surface area contributed by atoms with Gasteiger partial charge in [-0.05, 0) is 29.3 Å². The van der Waals surface area contributed by atoms with Crippen molar-refractivity contribution in [3.63, 3.8) is 0 Å². The molecule has 0 spiro atoms. The number of nitrogens with one attached hydrogen (secondary N) is 2. The van der Waals surface area contributed by atoms with Crippen molar-refractivity contribution in [2.24, 2.45) is 12.1 Å². The number of aromatic nitrogens is 4. The van der Waals surface area contributed by atoms with Crippen molar-refractivity contribution < 1.29 is 4.39 Å². The minimum absolute atomic E-state index is 0.204. The molecular formula is C20H16ClFN6O2. The summed E-state index contributed by atoms with van der Waals surface area (Å²) in [5, 5.41) is 4.66. The van der Waals surface area contributed by atoms with Crippen LogP contribution in [0.2, 0.25) is 5.02 Å². The molecule has 2 aromatic carbocycles. The van der Waals surface area contributed by atoms with Gasteiger partial charge in [-0.1, -0.05) is 41.9 Å². The zero-order chi connectivity index (χ0) is 21.3. The molecule has 0 fully saturated rings. The van der Waals surface area contributed by atoms with Crippen LogP contribution in [0.3, 0.4) is 0 Å². The monoisotopic (exact) mass is 426 g/mol. The smallest absolute Gasteiger partial charge is 0.298 e. The highest BCUT2D eigenvalue weighted by Crippen LogP contribution is 2.21. The Morgan fingerprint density at radius 2 is 1.93 bits per heavy atom. The highest BCUT2D eigenvalue weighted by atomic mass is 35.5. The van der Waals surface area contributed by atoms with Crippen molar-refractivity contribution in [2.75, 3.05) is 5.43 Å². The molecule has 4 rings (SSSR count). The van der Waals surface area contributed by atoms with Gasteiger partial charge in [-0.25, -0.2) is 14.6 Å². The van der Waals surface area contributed by atoms with Crippen molar-refractivity contribution in [1.82, 2.24) is 19.1 Å². The molecule has 0 radical (unpaired) electrons. The van der Waals surface area contributed by atoms with Crippen molar-refractivity contribution in [3.05, 3.63) is 91.3 Å². The van der Waals surface area contributed by atoms with Gasteiger partial charge in [0, 0.05) is 12.1 Å². The van der Waals surface area contributed by atoms with E-state index in [9.17, 15) is 14.0 Å². The first kappa shape index (κ1) is 19.6. The van der Waals surface area contributed by atoms with Gasteiger partial charge >= 0.3 is 5.69 Å². The summed E-state index contributed by atoms with van der Waals surface area (Å²) in [7, 11) is 1.51. The number of anilines is 1. The maximum atomic E-state index is 13.0. The predicted molar refractivity (Wildman–Crippen MR) is 114 cm³/mol. The van der Waals surface area contributed by atoms with Gasteiger partial charge in [0.25, 0.3) is 5.56 Å². The Hall–Kier alpha value is -3.72. The molecule has 2 heterocycles. The van der Waals surface area contributed by atoms with E-state index in [1.165, 1.54) is 30.0 Å². The van der Waals surface area contributed by atoms with Crippen molar-refractivity contribution >= 4 is 34.9 Å². The van der Waals surface area contributed by atoms with Crippen LogP contribution < -0.4 is 16.7 Å². The first-order chi connectivity index (χ1) is 14.4. The van der Waals surface area contributed by atoms with E-state index in [1.807, 2.05) is 12.1 Å². The summed E-state index contributed by atoms with van der Waals surface area (Å²) >= 11 is 6.28. The Morgan fingerprint density at radius 1 is 1.20 bits per heavy atom. The number of halogens is 2. The average Bonchev–Trinajstić information content (AvgIpc) is 3.08. The largest absolute Gasteiger partial charge is 0.329 e. The molecule has 0 amide bonds. The summed E-state index contributed by atoms with van der Waals surface area (Å²) in [5.41, 5.74) is 3.50. The maximum Gasteiger partial charge on any atom is 0.329 e. The molecule has 0 atom stereocenters. The summed E-state index contributed by atoms with van der Waals surface area (Å²) in [6.45, 7) is 0.228. The Labute approximate surface area is 174 Å². The van der Waals surface area contributed by atoms with E-state index in [0.29, 0.717) is 10.6 Å². The summed E-state index contributed by atoms with van der Waals surface area (Å²) in [6.07, 6.45) is 1.49. The van der Waals surface area contributed by atoms with Crippen molar-refractivity contribution in [3.8, 4) is 0 Å². The molecule has 0 aliphatic rings. The molecule has 10 heteroatoms. The zero-order valence-electron chi connectivity index (χ0n) is 15.8. The van der Waals surface area contributed by atoms with Crippen LogP contribution in [0.4, 0.5) is 10.3 Å². The Morgan fingerprint density at radius 3 is 2.67 bits per heavy atom. The minimum Gasteiger partial charge on any atom is -0.298 e. The highest BCUT2D eigenvalue weighted by molar-refractivity contribution is 6.31. The number of rotatable bonds is 5. The fourth-order valence-electron chi connectivity index (χ4n) is 2.98. The van der Waals surface area contributed by atoms with Gasteiger partial charge in [0.15, 0.2) is 11.2 Å². The number of benzene rings is 2. The van der Waals surface area contributed by atoms with Crippen LogP contribution in [-0.4, -0.2) is 25.3 Å². The van der Waals surface area contributed by atoms with Gasteiger partial charge in [-0.15, -0.1) is 0 Å². The first-order valence-corrected chi connectivity index (χ1v) is 9.29. The third-order valence-corrected chi connectivity index (χ3v) is 4.91. The van der Waals surface area contributed by atoms with Crippen LogP contribution in [0.15, 0.2) is 63.2 Å². The Bertz CT molecular complexity index is 1370. The summed E-state index contributed by atoms with van der Waals surface area (Å²) in [6, 6.07) is 13.0. The number of hydrogen-bond donors (Lipinski definition) is 2. The Kier molecular flexibility index (Phi) is 5.20. The quantitative estimate of drug-likeness (QED) is 0.379. The van der Waals surface area contributed by atoms with E-state index in [0.717, 1.165) is 5.56 Å². The van der Waals surface area contributed by atoms with Crippen molar-refractivity contribution in [1.29, 1.82) is 0 Å². The second kappa shape index (κ2) is 7.96. The molecule has 0 aliphatic carbocycles. The zero-order valence-corrected chi connectivity index (χ0v) is 16.5. The molecular weight excluding hydrogens is 411 g/mol. The van der Waals surface area contributed by atoms with Crippen LogP contribution in [-0.2, 0) is 13.6 Å².